The van der Waals surface area contributed by atoms with Crippen LogP contribution in [0.4, 0.5) is 10.1 Å². The van der Waals surface area contributed by atoms with Gasteiger partial charge in [-0.2, -0.15) is 0 Å². The molecule has 0 radical (unpaired) electrons. The van der Waals surface area contributed by atoms with Gasteiger partial charge in [-0.05, 0) is 37.9 Å². The SMILES string of the molecule is NC(=NO)c1c(F)cccc1N1CCCN2CCCC2C1. The molecule has 1 aromatic carbocycles. The first kappa shape index (κ1) is 14.1. The van der Waals surface area contributed by atoms with Crippen LogP contribution >= 0.6 is 0 Å². The molecule has 3 N–H and O–H groups in total. The molecule has 0 aliphatic carbocycles. The molecule has 6 heteroatoms. The molecule has 1 atom stereocenters. The van der Waals surface area contributed by atoms with Crippen molar-refractivity contribution in [1.29, 1.82) is 0 Å². The van der Waals surface area contributed by atoms with Crippen molar-refractivity contribution in [3.05, 3.63) is 29.6 Å². The molecule has 1 aromatic rings. The van der Waals surface area contributed by atoms with Crippen molar-refractivity contribution in [3.8, 4) is 0 Å². The first-order valence-corrected chi connectivity index (χ1v) is 7.46. The van der Waals surface area contributed by atoms with Crippen LogP contribution in [0.25, 0.3) is 0 Å². The molecule has 1 unspecified atom stereocenters. The van der Waals surface area contributed by atoms with Crippen molar-refractivity contribution in [2.24, 2.45) is 10.9 Å². The molecule has 0 aromatic heterocycles. The van der Waals surface area contributed by atoms with E-state index >= 15 is 0 Å². The zero-order valence-corrected chi connectivity index (χ0v) is 12.0. The van der Waals surface area contributed by atoms with Gasteiger partial charge >= 0.3 is 0 Å². The second-order valence-corrected chi connectivity index (χ2v) is 5.75. The number of nitrogens with two attached hydrogens (primary N) is 1. The van der Waals surface area contributed by atoms with Crippen molar-refractivity contribution in [2.45, 2.75) is 25.3 Å². The lowest BCUT2D eigenvalue weighted by Crippen LogP contribution is -2.37. The van der Waals surface area contributed by atoms with E-state index in [1.165, 1.54) is 18.9 Å². The highest BCUT2D eigenvalue weighted by molar-refractivity contribution is 6.02. The van der Waals surface area contributed by atoms with Crippen molar-refractivity contribution < 1.29 is 9.60 Å². The molecular formula is C15H21FN4O. The molecule has 21 heavy (non-hydrogen) atoms. The van der Waals surface area contributed by atoms with Gasteiger partial charge in [-0.1, -0.05) is 11.2 Å². The summed E-state index contributed by atoms with van der Waals surface area (Å²) in [6.45, 7) is 3.99. The minimum atomic E-state index is -0.449. The topological polar surface area (TPSA) is 65.1 Å². The summed E-state index contributed by atoms with van der Waals surface area (Å²) < 4.78 is 14.1. The largest absolute Gasteiger partial charge is 0.409 e. The van der Waals surface area contributed by atoms with Crippen molar-refractivity contribution in [1.82, 2.24) is 4.90 Å². The third kappa shape index (κ3) is 2.68. The molecule has 2 aliphatic rings. The van der Waals surface area contributed by atoms with Crippen LogP contribution < -0.4 is 10.6 Å². The monoisotopic (exact) mass is 292 g/mol. The van der Waals surface area contributed by atoms with E-state index in [1.54, 1.807) is 6.07 Å². The van der Waals surface area contributed by atoms with Crippen LogP contribution in [0, 0.1) is 5.82 Å². The number of hydrogen-bond acceptors (Lipinski definition) is 4. The molecular weight excluding hydrogens is 271 g/mol. The van der Waals surface area contributed by atoms with E-state index in [0.29, 0.717) is 6.04 Å². The lowest BCUT2D eigenvalue weighted by Gasteiger charge is -2.28. The maximum atomic E-state index is 14.1. The summed E-state index contributed by atoms with van der Waals surface area (Å²) in [5.41, 5.74) is 6.59. The summed E-state index contributed by atoms with van der Waals surface area (Å²) in [4.78, 5) is 4.69. The van der Waals surface area contributed by atoms with Gasteiger partial charge in [-0.25, -0.2) is 4.39 Å². The minimum absolute atomic E-state index is 0.171. The van der Waals surface area contributed by atoms with Gasteiger partial charge in [0.25, 0.3) is 0 Å². The molecule has 5 nitrogen and oxygen atoms in total. The number of amidine groups is 1. The Hall–Kier alpha value is -1.82. The van der Waals surface area contributed by atoms with Gasteiger partial charge in [0, 0.05) is 25.7 Å². The van der Waals surface area contributed by atoms with Crippen LogP contribution in [0.15, 0.2) is 23.4 Å². The standard InChI is InChI=1S/C15H21FN4O/c16-12-5-1-6-13(14(12)15(17)18-21)20-9-3-8-19-7-2-4-11(19)10-20/h1,5-6,11,21H,2-4,7-10H2,(H2,17,18). The van der Waals surface area contributed by atoms with Crippen molar-refractivity contribution in [3.63, 3.8) is 0 Å². The van der Waals surface area contributed by atoms with Gasteiger partial charge in [0.15, 0.2) is 5.84 Å². The average Bonchev–Trinajstić information content (AvgIpc) is 2.83. The summed E-state index contributed by atoms with van der Waals surface area (Å²) in [5, 5.41) is 11.9. The molecule has 3 rings (SSSR count). The highest BCUT2D eigenvalue weighted by Crippen LogP contribution is 2.28. The van der Waals surface area contributed by atoms with Gasteiger partial charge in [-0.3, -0.25) is 4.90 Å². The number of benzene rings is 1. The van der Waals surface area contributed by atoms with E-state index in [1.807, 2.05) is 6.07 Å². The van der Waals surface area contributed by atoms with Crippen LogP contribution in [-0.2, 0) is 0 Å². The average molecular weight is 292 g/mol. The van der Waals surface area contributed by atoms with E-state index < -0.39 is 5.82 Å². The van der Waals surface area contributed by atoms with Crippen LogP contribution in [0.2, 0.25) is 0 Å². The molecule has 0 spiro atoms. The Morgan fingerprint density at radius 3 is 2.90 bits per heavy atom. The third-order valence-corrected chi connectivity index (χ3v) is 4.50. The van der Waals surface area contributed by atoms with Crippen molar-refractivity contribution in [2.75, 3.05) is 31.1 Å². The summed E-state index contributed by atoms with van der Waals surface area (Å²) in [5.74, 6) is -0.619. The summed E-state index contributed by atoms with van der Waals surface area (Å²) >= 11 is 0. The summed E-state index contributed by atoms with van der Waals surface area (Å²) in [6, 6.07) is 5.39. The Kier molecular flexibility index (Phi) is 3.96. The summed E-state index contributed by atoms with van der Waals surface area (Å²) in [7, 11) is 0. The minimum Gasteiger partial charge on any atom is -0.409 e. The van der Waals surface area contributed by atoms with E-state index in [2.05, 4.69) is 15.0 Å². The highest BCUT2D eigenvalue weighted by atomic mass is 19.1. The Morgan fingerprint density at radius 2 is 2.10 bits per heavy atom. The first-order valence-electron chi connectivity index (χ1n) is 7.46. The zero-order valence-electron chi connectivity index (χ0n) is 12.0. The predicted molar refractivity (Wildman–Crippen MR) is 80.3 cm³/mol. The third-order valence-electron chi connectivity index (χ3n) is 4.50. The van der Waals surface area contributed by atoms with Gasteiger partial charge in [0.05, 0.1) is 11.3 Å². The number of anilines is 1. The number of rotatable bonds is 2. The molecule has 2 fully saturated rings. The fourth-order valence-electron chi connectivity index (χ4n) is 3.51. The smallest absolute Gasteiger partial charge is 0.175 e. The van der Waals surface area contributed by atoms with E-state index in [-0.39, 0.29) is 11.4 Å². The number of oxime groups is 1. The number of nitrogens with zero attached hydrogens (tertiary/aromatic N) is 3. The summed E-state index contributed by atoms with van der Waals surface area (Å²) in [6.07, 6.45) is 3.46. The molecule has 2 aliphatic heterocycles. The van der Waals surface area contributed by atoms with Gasteiger partial charge < -0.3 is 15.8 Å². The van der Waals surface area contributed by atoms with E-state index in [0.717, 1.165) is 38.3 Å². The second kappa shape index (κ2) is 5.89. The zero-order chi connectivity index (χ0) is 14.8. The fraction of sp³-hybridized carbons (Fsp3) is 0.533. The lowest BCUT2D eigenvalue weighted by molar-refractivity contribution is 0.273. The molecule has 0 bridgehead atoms. The maximum absolute atomic E-state index is 14.1. The maximum Gasteiger partial charge on any atom is 0.175 e. The van der Waals surface area contributed by atoms with Gasteiger partial charge in [0.1, 0.15) is 5.82 Å². The van der Waals surface area contributed by atoms with Gasteiger partial charge in [0.2, 0.25) is 0 Å². The Morgan fingerprint density at radius 1 is 1.29 bits per heavy atom. The van der Waals surface area contributed by atoms with E-state index in [9.17, 15) is 4.39 Å². The number of hydrogen-bond donors (Lipinski definition) is 2. The van der Waals surface area contributed by atoms with E-state index in [4.69, 9.17) is 10.9 Å². The Labute approximate surface area is 123 Å². The van der Waals surface area contributed by atoms with Crippen LogP contribution in [-0.4, -0.2) is 48.2 Å². The second-order valence-electron chi connectivity index (χ2n) is 5.75. The molecule has 2 saturated heterocycles. The Bertz CT molecular complexity index is 548. The molecule has 0 saturated carbocycles. The quantitative estimate of drug-likeness (QED) is 0.376. The first-order chi connectivity index (χ1) is 10.2. The van der Waals surface area contributed by atoms with Crippen LogP contribution in [0.1, 0.15) is 24.8 Å². The molecule has 114 valence electrons. The van der Waals surface area contributed by atoms with Crippen LogP contribution in [0.3, 0.4) is 0 Å². The predicted octanol–water partition coefficient (Wildman–Crippen LogP) is 1.59. The van der Waals surface area contributed by atoms with Crippen LogP contribution in [0.5, 0.6) is 0 Å². The Balaban J connectivity index is 1.94. The number of fused-ring (bicyclic) bond motifs is 1. The number of halogens is 1. The normalized spacial score (nSPS) is 24.0. The molecule has 0 amide bonds. The van der Waals surface area contributed by atoms with Crippen molar-refractivity contribution >= 4 is 11.5 Å². The lowest BCUT2D eigenvalue weighted by atomic mass is 10.1. The van der Waals surface area contributed by atoms with Gasteiger partial charge in [-0.15, -0.1) is 0 Å². The fourth-order valence-corrected chi connectivity index (χ4v) is 3.51. The highest BCUT2D eigenvalue weighted by Gasteiger charge is 2.30. The molecule has 2 heterocycles.